The van der Waals surface area contributed by atoms with Crippen molar-refractivity contribution in [2.24, 2.45) is 5.73 Å². The third-order valence-electron chi connectivity index (χ3n) is 2.05. The first-order valence-electron chi connectivity index (χ1n) is 5.06. The molecule has 0 fully saturated rings. The Balaban J connectivity index is 3.85. The van der Waals surface area contributed by atoms with E-state index in [-0.39, 0.29) is 0 Å². The Bertz CT molecular complexity index is 236. The molecular weight excluding hydrogens is 241 g/mol. The van der Waals surface area contributed by atoms with Gasteiger partial charge < -0.3 is 20.9 Å². The molecule has 17 heavy (non-hydrogen) atoms. The normalized spacial score (nSPS) is 15.4. The maximum Gasteiger partial charge on any atom is 0.416 e. The van der Waals surface area contributed by atoms with Gasteiger partial charge in [-0.1, -0.05) is 0 Å². The van der Waals surface area contributed by atoms with Gasteiger partial charge >= 0.3 is 6.18 Å². The molecule has 2 atom stereocenters. The number of hydrogen-bond acceptors (Lipinski definition) is 4. The van der Waals surface area contributed by atoms with Crippen LogP contribution in [0.15, 0.2) is 0 Å². The van der Waals surface area contributed by atoms with E-state index in [0.29, 0.717) is 19.4 Å². The van der Waals surface area contributed by atoms with E-state index in [9.17, 15) is 18.0 Å². The number of halogens is 3. The fourth-order valence-corrected chi connectivity index (χ4v) is 1.02. The predicted molar refractivity (Wildman–Crippen MR) is 54.2 cm³/mol. The largest absolute Gasteiger partial charge is 0.416 e. The van der Waals surface area contributed by atoms with Crippen LogP contribution in [0.1, 0.15) is 12.8 Å². The van der Waals surface area contributed by atoms with Crippen molar-refractivity contribution in [2.45, 2.75) is 31.2 Å². The molecule has 1 amide bonds. The van der Waals surface area contributed by atoms with Crippen LogP contribution >= 0.6 is 0 Å². The SMILES string of the molecule is COCCCC(N)C(=O)NCC(O)C(F)(F)F. The standard InChI is InChI=1S/C9H17F3N2O3/c1-17-4-2-3-6(13)8(16)14-5-7(15)9(10,11)12/h6-7,15H,2-5,13H2,1H3,(H,14,16). The highest BCUT2D eigenvalue weighted by Gasteiger charge is 2.38. The third-order valence-corrected chi connectivity index (χ3v) is 2.05. The summed E-state index contributed by atoms with van der Waals surface area (Å²) in [6.45, 7) is -0.466. The van der Waals surface area contributed by atoms with E-state index in [1.54, 1.807) is 0 Å². The van der Waals surface area contributed by atoms with Crippen molar-refractivity contribution >= 4 is 5.91 Å². The number of ether oxygens (including phenoxy) is 1. The fourth-order valence-electron chi connectivity index (χ4n) is 1.02. The highest BCUT2D eigenvalue weighted by Crippen LogP contribution is 2.19. The lowest BCUT2D eigenvalue weighted by Crippen LogP contribution is -2.46. The van der Waals surface area contributed by atoms with Gasteiger partial charge in [0.15, 0.2) is 6.10 Å². The summed E-state index contributed by atoms with van der Waals surface area (Å²) >= 11 is 0. The summed E-state index contributed by atoms with van der Waals surface area (Å²) in [4.78, 5) is 11.2. The molecule has 8 heteroatoms. The van der Waals surface area contributed by atoms with Gasteiger partial charge in [-0.15, -0.1) is 0 Å². The second-order valence-electron chi connectivity index (χ2n) is 3.54. The molecule has 0 spiro atoms. The van der Waals surface area contributed by atoms with Crippen LogP contribution in [0, 0.1) is 0 Å². The zero-order chi connectivity index (χ0) is 13.5. The Morgan fingerprint density at radius 3 is 2.59 bits per heavy atom. The molecule has 5 nitrogen and oxygen atoms in total. The lowest BCUT2D eigenvalue weighted by Gasteiger charge is -2.17. The molecule has 0 saturated heterocycles. The number of rotatable bonds is 7. The molecule has 0 radical (unpaired) electrons. The van der Waals surface area contributed by atoms with Crippen LogP contribution in [-0.4, -0.2) is 49.6 Å². The highest BCUT2D eigenvalue weighted by atomic mass is 19.4. The van der Waals surface area contributed by atoms with Crippen LogP contribution in [0.3, 0.4) is 0 Å². The van der Waals surface area contributed by atoms with E-state index in [4.69, 9.17) is 15.6 Å². The number of methoxy groups -OCH3 is 1. The van der Waals surface area contributed by atoms with Crippen molar-refractivity contribution in [3.63, 3.8) is 0 Å². The Morgan fingerprint density at radius 2 is 2.12 bits per heavy atom. The van der Waals surface area contributed by atoms with Crippen LogP contribution < -0.4 is 11.1 Å². The molecule has 0 aliphatic heterocycles. The molecule has 0 rings (SSSR count). The minimum atomic E-state index is -4.74. The van der Waals surface area contributed by atoms with Gasteiger partial charge in [-0.05, 0) is 12.8 Å². The zero-order valence-corrected chi connectivity index (χ0v) is 9.46. The molecule has 2 unspecified atom stereocenters. The number of carbonyl (C=O) groups is 1. The number of hydrogen-bond donors (Lipinski definition) is 3. The molecule has 0 bridgehead atoms. The molecule has 0 aliphatic carbocycles. The third kappa shape index (κ3) is 7.14. The Labute approximate surface area is 97.1 Å². The minimum absolute atomic E-state index is 0.307. The topological polar surface area (TPSA) is 84.6 Å². The molecule has 0 aliphatic rings. The Morgan fingerprint density at radius 1 is 1.53 bits per heavy atom. The van der Waals surface area contributed by atoms with Crippen LogP contribution in [0.25, 0.3) is 0 Å². The number of aliphatic hydroxyl groups is 1. The molecule has 102 valence electrons. The molecule has 0 saturated carbocycles. The number of alkyl halides is 3. The van der Waals surface area contributed by atoms with Crippen LogP contribution in [-0.2, 0) is 9.53 Å². The van der Waals surface area contributed by atoms with Crippen molar-refractivity contribution in [1.29, 1.82) is 0 Å². The van der Waals surface area contributed by atoms with Crippen molar-refractivity contribution in [2.75, 3.05) is 20.3 Å². The van der Waals surface area contributed by atoms with Crippen molar-refractivity contribution in [3.05, 3.63) is 0 Å². The van der Waals surface area contributed by atoms with Gasteiger partial charge in [0.05, 0.1) is 12.6 Å². The predicted octanol–water partition coefficient (Wildman–Crippen LogP) is -0.220. The second kappa shape index (κ2) is 7.46. The average Bonchev–Trinajstić information content (AvgIpc) is 2.24. The van der Waals surface area contributed by atoms with Crippen LogP contribution in [0.5, 0.6) is 0 Å². The zero-order valence-electron chi connectivity index (χ0n) is 9.46. The van der Waals surface area contributed by atoms with Gasteiger partial charge in [-0.3, -0.25) is 4.79 Å². The summed E-state index contributed by atoms with van der Waals surface area (Å²) in [5.74, 6) is -0.718. The summed E-state index contributed by atoms with van der Waals surface area (Å²) in [5, 5.41) is 10.6. The first-order valence-corrected chi connectivity index (χ1v) is 5.06. The van der Waals surface area contributed by atoms with Gasteiger partial charge in [0.2, 0.25) is 5.91 Å². The van der Waals surface area contributed by atoms with Crippen LogP contribution in [0.2, 0.25) is 0 Å². The van der Waals surface area contributed by atoms with Gasteiger partial charge in [0.25, 0.3) is 0 Å². The minimum Gasteiger partial charge on any atom is -0.385 e. The molecule has 0 aromatic heterocycles. The summed E-state index contributed by atoms with van der Waals surface area (Å²) in [7, 11) is 1.49. The van der Waals surface area contributed by atoms with E-state index in [1.807, 2.05) is 5.32 Å². The summed E-state index contributed by atoms with van der Waals surface area (Å²) < 4.78 is 40.4. The monoisotopic (exact) mass is 258 g/mol. The lowest BCUT2D eigenvalue weighted by molar-refractivity contribution is -0.201. The van der Waals surface area contributed by atoms with E-state index in [2.05, 4.69) is 0 Å². The lowest BCUT2D eigenvalue weighted by atomic mass is 10.1. The average molecular weight is 258 g/mol. The highest BCUT2D eigenvalue weighted by molar-refractivity contribution is 5.81. The van der Waals surface area contributed by atoms with Crippen molar-refractivity contribution < 1.29 is 27.8 Å². The number of amides is 1. The Kier molecular flexibility index (Phi) is 7.09. The summed E-state index contributed by atoms with van der Waals surface area (Å²) in [6, 6.07) is -0.898. The van der Waals surface area contributed by atoms with Gasteiger partial charge in [-0.25, -0.2) is 0 Å². The quantitative estimate of drug-likeness (QED) is 0.551. The maximum atomic E-state index is 11.9. The second-order valence-corrected chi connectivity index (χ2v) is 3.54. The smallest absolute Gasteiger partial charge is 0.385 e. The van der Waals surface area contributed by atoms with E-state index >= 15 is 0 Å². The maximum absolute atomic E-state index is 11.9. The van der Waals surface area contributed by atoms with E-state index < -0.39 is 30.8 Å². The summed E-state index contributed by atoms with van der Waals surface area (Å²) in [6.07, 6.45) is -6.47. The van der Waals surface area contributed by atoms with Gasteiger partial charge in [0.1, 0.15) is 0 Å². The molecule has 0 aromatic carbocycles. The fraction of sp³-hybridized carbons (Fsp3) is 0.889. The number of carbonyl (C=O) groups excluding carboxylic acids is 1. The number of nitrogens with one attached hydrogen (secondary N) is 1. The van der Waals surface area contributed by atoms with Crippen molar-refractivity contribution in [3.8, 4) is 0 Å². The van der Waals surface area contributed by atoms with Crippen molar-refractivity contribution in [1.82, 2.24) is 5.32 Å². The molecule has 4 N–H and O–H groups in total. The number of aliphatic hydroxyl groups excluding tert-OH is 1. The van der Waals surface area contributed by atoms with Gasteiger partial charge in [-0.2, -0.15) is 13.2 Å². The van der Waals surface area contributed by atoms with E-state index in [1.165, 1.54) is 7.11 Å². The summed E-state index contributed by atoms with van der Waals surface area (Å²) in [5.41, 5.74) is 5.42. The molecule has 0 heterocycles. The van der Waals surface area contributed by atoms with Crippen LogP contribution in [0.4, 0.5) is 13.2 Å². The molecule has 0 aromatic rings. The van der Waals surface area contributed by atoms with Gasteiger partial charge in [0, 0.05) is 13.7 Å². The first-order chi connectivity index (χ1) is 7.79. The Hall–Kier alpha value is -0.860. The first kappa shape index (κ1) is 16.1. The molecular formula is C9H17F3N2O3. The number of nitrogens with two attached hydrogens (primary N) is 1. The van der Waals surface area contributed by atoms with E-state index in [0.717, 1.165) is 0 Å².